The molecule has 29 heavy (non-hydrogen) atoms. The maximum absolute atomic E-state index is 12.1. The molecule has 2 atom stereocenters. The number of amides is 2. The van der Waals surface area contributed by atoms with Gasteiger partial charge in [0.25, 0.3) is 11.8 Å². The summed E-state index contributed by atoms with van der Waals surface area (Å²) in [4.78, 5) is 49.4. The Hall–Kier alpha value is -3.10. The van der Waals surface area contributed by atoms with Crippen molar-refractivity contribution < 1.29 is 33.4 Å². The minimum absolute atomic E-state index is 0.0842. The predicted octanol–water partition coefficient (Wildman–Crippen LogP) is 1.05. The molecule has 0 aliphatic carbocycles. The first kappa shape index (κ1) is 22.2. The van der Waals surface area contributed by atoms with Gasteiger partial charge in [0, 0.05) is 6.54 Å². The molecule has 0 saturated carbocycles. The number of nitrogens with one attached hydrogen (secondary N) is 1. The number of carbonyl (C=O) groups excluding carboxylic acids is 4. The summed E-state index contributed by atoms with van der Waals surface area (Å²) >= 11 is 0. The van der Waals surface area contributed by atoms with Crippen molar-refractivity contribution in [2.75, 3.05) is 31.8 Å². The molecule has 0 aromatic heterocycles. The van der Waals surface area contributed by atoms with Crippen molar-refractivity contribution in [3.63, 3.8) is 0 Å². The first-order valence-electron chi connectivity index (χ1n) is 9.42. The van der Waals surface area contributed by atoms with Crippen molar-refractivity contribution in [2.45, 2.75) is 32.7 Å². The van der Waals surface area contributed by atoms with E-state index in [-0.39, 0.29) is 31.4 Å². The zero-order valence-corrected chi connectivity index (χ0v) is 16.8. The van der Waals surface area contributed by atoms with Crippen LogP contribution in [0.25, 0.3) is 0 Å². The van der Waals surface area contributed by atoms with Crippen LogP contribution in [0.15, 0.2) is 24.3 Å². The molecule has 2 amide bonds. The van der Waals surface area contributed by atoms with E-state index in [1.54, 1.807) is 24.3 Å². The van der Waals surface area contributed by atoms with Crippen LogP contribution in [0.2, 0.25) is 0 Å². The molecule has 0 spiro atoms. The molecule has 1 aromatic carbocycles. The van der Waals surface area contributed by atoms with Crippen molar-refractivity contribution in [3.8, 4) is 5.75 Å². The average Bonchev–Trinajstić information content (AvgIpc) is 2.74. The summed E-state index contributed by atoms with van der Waals surface area (Å²) < 4.78 is 15.0. The van der Waals surface area contributed by atoms with E-state index in [1.807, 2.05) is 13.8 Å². The van der Waals surface area contributed by atoms with Gasteiger partial charge in [-0.1, -0.05) is 32.4 Å². The number of anilines is 1. The second-order valence-electron chi connectivity index (χ2n) is 6.67. The smallest absolute Gasteiger partial charge is 0.328 e. The van der Waals surface area contributed by atoms with E-state index in [2.05, 4.69) is 5.32 Å². The highest BCUT2D eigenvalue weighted by atomic mass is 16.5. The van der Waals surface area contributed by atoms with Crippen LogP contribution in [-0.4, -0.2) is 56.7 Å². The second-order valence-corrected chi connectivity index (χ2v) is 6.67. The Bertz CT molecular complexity index is 765. The molecule has 1 N–H and O–H groups in total. The van der Waals surface area contributed by atoms with Crippen LogP contribution < -0.4 is 15.0 Å². The Morgan fingerprint density at radius 3 is 2.69 bits per heavy atom. The quantitative estimate of drug-likeness (QED) is 0.610. The van der Waals surface area contributed by atoms with E-state index in [1.165, 1.54) is 12.0 Å². The lowest BCUT2D eigenvalue weighted by Gasteiger charge is -2.29. The standard InChI is InChI=1S/C20H26N2O7/c1-4-13(2)19(20(26)27-3)21-16(23)11-29-18(25)9-10-22-14-7-5-6-8-15(14)28-12-17(22)24/h5-8,13,19H,4,9-12H2,1-3H3,(H,21,23)/t13-,19-/m0/s1. The van der Waals surface area contributed by atoms with Crippen LogP contribution in [0.3, 0.4) is 0 Å². The van der Waals surface area contributed by atoms with Gasteiger partial charge in [0.05, 0.1) is 19.2 Å². The van der Waals surface area contributed by atoms with Crippen LogP contribution in [0, 0.1) is 5.92 Å². The number of para-hydroxylation sites is 2. The van der Waals surface area contributed by atoms with Crippen LogP contribution >= 0.6 is 0 Å². The Morgan fingerprint density at radius 1 is 1.28 bits per heavy atom. The molecule has 1 aliphatic heterocycles. The fourth-order valence-electron chi connectivity index (χ4n) is 2.83. The minimum atomic E-state index is -0.807. The maximum atomic E-state index is 12.1. The molecule has 1 heterocycles. The predicted molar refractivity (Wildman–Crippen MR) is 103 cm³/mol. The topological polar surface area (TPSA) is 111 Å². The number of nitrogens with zero attached hydrogens (tertiary/aromatic N) is 1. The fraction of sp³-hybridized carbons (Fsp3) is 0.500. The van der Waals surface area contributed by atoms with E-state index < -0.39 is 30.5 Å². The van der Waals surface area contributed by atoms with E-state index >= 15 is 0 Å². The summed E-state index contributed by atoms with van der Waals surface area (Å²) in [5, 5.41) is 2.53. The summed E-state index contributed by atoms with van der Waals surface area (Å²) in [6.07, 6.45) is 0.577. The van der Waals surface area contributed by atoms with Gasteiger partial charge in [-0.05, 0) is 18.1 Å². The maximum Gasteiger partial charge on any atom is 0.328 e. The van der Waals surface area contributed by atoms with Crippen LogP contribution in [0.4, 0.5) is 5.69 Å². The Labute approximate surface area is 169 Å². The highest BCUT2D eigenvalue weighted by molar-refractivity contribution is 5.98. The minimum Gasteiger partial charge on any atom is -0.482 e. The molecular weight excluding hydrogens is 380 g/mol. The largest absolute Gasteiger partial charge is 0.482 e. The van der Waals surface area contributed by atoms with E-state index in [4.69, 9.17) is 14.2 Å². The van der Waals surface area contributed by atoms with E-state index in [0.717, 1.165) is 0 Å². The van der Waals surface area contributed by atoms with Gasteiger partial charge in [-0.2, -0.15) is 0 Å². The van der Waals surface area contributed by atoms with Crippen LogP contribution in [0.5, 0.6) is 5.75 Å². The van der Waals surface area contributed by atoms with Gasteiger partial charge in [-0.25, -0.2) is 4.79 Å². The first-order valence-corrected chi connectivity index (χ1v) is 9.42. The van der Waals surface area contributed by atoms with E-state index in [0.29, 0.717) is 17.9 Å². The summed E-state index contributed by atoms with van der Waals surface area (Å²) in [7, 11) is 1.25. The summed E-state index contributed by atoms with van der Waals surface area (Å²) in [5.41, 5.74) is 0.587. The van der Waals surface area contributed by atoms with Gasteiger partial charge < -0.3 is 24.4 Å². The van der Waals surface area contributed by atoms with Crippen molar-refractivity contribution in [3.05, 3.63) is 24.3 Å². The third kappa shape index (κ3) is 5.94. The highest BCUT2D eigenvalue weighted by Crippen LogP contribution is 2.31. The molecule has 0 radical (unpaired) electrons. The lowest BCUT2D eigenvalue weighted by molar-refractivity contribution is -0.150. The number of hydrogen-bond donors (Lipinski definition) is 1. The zero-order chi connectivity index (χ0) is 21.4. The number of esters is 2. The molecule has 0 unspecified atom stereocenters. The number of rotatable bonds is 9. The number of carbonyl (C=O) groups is 4. The molecule has 9 heteroatoms. The molecule has 0 fully saturated rings. The summed E-state index contributed by atoms with van der Waals surface area (Å²) in [6, 6.07) is 6.23. The van der Waals surface area contributed by atoms with Crippen LogP contribution in [-0.2, 0) is 28.7 Å². The molecule has 2 rings (SSSR count). The molecule has 1 aromatic rings. The Balaban J connectivity index is 1.83. The van der Waals surface area contributed by atoms with Gasteiger partial charge in [0.15, 0.2) is 13.2 Å². The van der Waals surface area contributed by atoms with Gasteiger partial charge in [-0.15, -0.1) is 0 Å². The number of methoxy groups -OCH3 is 1. The lowest BCUT2D eigenvalue weighted by Crippen LogP contribution is -2.47. The van der Waals surface area contributed by atoms with Crippen molar-refractivity contribution in [1.82, 2.24) is 5.32 Å². The average molecular weight is 406 g/mol. The molecule has 9 nitrogen and oxygen atoms in total. The molecule has 158 valence electrons. The zero-order valence-electron chi connectivity index (χ0n) is 16.8. The molecule has 0 bridgehead atoms. The molecule has 1 aliphatic rings. The monoisotopic (exact) mass is 406 g/mol. The van der Waals surface area contributed by atoms with Crippen molar-refractivity contribution in [1.29, 1.82) is 0 Å². The van der Waals surface area contributed by atoms with Gasteiger partial charge in [-0.3, -0.25) is 14.4 Å². The van der Waals surface area contributed by atoms with Crippen molar-refractivity contribution >= 4 is 29.4 Å². The SMILES string of the molecule is CC[C@H](C)[C@H](NC(=O)COC(=O)CCN1C(=O)COc2ccccc21)C(=O)OC. The Morgan fingerprint density at radius 2 is 2.00 bits per heavy atom. The van der Waals surface area contributed by atoms with Gasteiger partial charge in [0.1, 0.15) is 11.8 Å². The highest BCUT2D eigenvalue weighted by Gasteiger charge is 2.28. The number of benzene rings is 1. The first-order chi connectivity index (χ1) is 13.9. The van der Waals surface area contributed by atoms with Crippen LogP contribution in [0.1, 0.15) is 26.7 Å². The summed E-state index contributed by atoms with van der Waals surface area (Å²) in [6.45, 7) is 3.19. The van der Waals surface area contributed by atoms with Crippen molar-refractivity contribution in [2.24, 2.45) is 5.92 Å². The number of hydrogen-bond acceptors (Lipinski definition) is 7. The summed E-state index contributed by atoms with van der Waals surface area (Å²) in [5.74, 6) is -1.60. The lowest BCUT2D eigenvalue weighted by atomic mass is 9.99. The molecule has 0 saturated heterocycles. The third-order valence-electron chi connectivity index (χ3n) is 4.70. The van der Waals surface area contributed by atoms with E-state index in [9.17, 15) is 19.2 Å². The molecular formula is C20H26N2O7. The normalized spacial score (nSPS) is 14.9. The third-order valence-corrected chi connectivity index (χ3v) is 4.70. The van der Waals surface area contributed by atoms with Gasteiger partial charge in [0.2, 0.25) is 0 Å². The second kappa shape index (κ2) is 10.4. The number of fused-ring (bicyclic) bond motifs is 1. The Kier molecular flexibility index (Phi) is 7.99. The fourth-order valence-corrected chi connectivity index (χ4v) is 2.83. The number of ether oxygens (including phenoxy) is 3. The van der Waals surface area contributed by atoms with Gasteiger partial charge >= 0.3 is 11.9 Å².